The van der Waals surface area contributed by atoms with Crippen molar-refractivity contribution in [1.82, 2.24) is 9.55 Å². The molecule has 1 aromatic carbocycles. The largest absolute Gasteiger partial charge is 0.328 e. The van der Waals surface area contributed by atoms with E-state index in [1.54, 1.807) is 6.07 Å². The molecule has 1 heterocycles. The average Bonchev–Trinajstić information content (AvgIpc) is 3.09. The van der Waals surface area contributed by atoms with Crippen LogP contribution in [0.3, 0.4) is 0 Å². The Morgan fingerprint density at radius 2 is 1.41 bits per heavy atom. The summed E-state index contributed by atoms with van der Waals surface area (Å²) in [4.78, 5) is 5.02. The van der Waals surface area contributed by atoms with Gasteiger partial charge in [-0.3, -0.25) is 0 Å². The predicted octanol–water partition coefficient (Wildman–Crippen LogP) is 7.21. The summed E-state index contributed by atoms with van der Waals surface area (Å²) in [6, 6.07) is 8.00. The molecule has 4 nitrogen and oxygen atoms in total. The van der Waals surface area contributed by atoms with E-state index in [1.165, 1.54) is 64.2 Å². The maximum Gasteiger partial charge on any atom is 0.112 e. The van der Waals surface area contributed by atoms with Crippen molar-refractivity contribution in [3.05, 3.63) is 29.1 Å². The number of hydrogen-bond acceptors (Lipinski definition) is 3. The Hall–Kier alpha value is -2.33. The van der Waals surface area contributed by atoms with Crippen LogP contribution < -0.4 is 0 Å². The van der Waals surface area contributed by atoms with E-state index in [9.17, 15) is 10.5 Å². The number of nitriles is 2. The minimum atomic E-state index is 0.426. The number of unbranched alkanes of at least 4 members (excludes halogenated alkanes) is 6. The molecule has 0 N–H and O–H groups in total. The minimum absolute atomic E-state index is 0.426. The van der Waals surface area contributed by atoms with Crippen LogP contribution in [0.2, 0.25) is 0 Å². The Morgan fingerprint density at radius 3 is 1.93 bits per heavy atom. The number of hydrogen-bond donors (Lipinski definition) is 0. The van der Waals surface area contributed by atoms with E-state index < -0.39 is 0 Å². The molecule has 1 aromatic heterocycles. The van der Waals surface area contributed by atoms with Crippen molar-refractivity contribution in [2.75, 3.05) is 0 Å². The van der Waals surface area contributed by atoms with Crippen molar-refractivity contribution >= 4 is 11.0 Å². The van der Waals surface area contributed by atoms with E-state index in [0.29, 0.717) is 17.0 Å². The van der Waals surface area contributed by atoms with Gasteiger partial charge in [0.25, 0.3) is 0 Å². The molecule has 0 saturated carbocycles. The second-order valence-corrected chi connectivity index (χ2v) is 8.13. The van der Waals surface area contributed by atoms with Gasteiger partial charge in [0.1, 0.15) is 18.0 Å². The molecule has 0 saturated heterocycles. The van der Waals surface area contributed by atoms with Crippen LogP contribution in [0.25, 0.3) is 11.0 Å². The van der Waals surface area contributed by atoms with E-state index in [2.05, 4.69) is 37.5 Å². The molecule has 0 atom stereocenters. The summed E-state index contributed by atoms with van der Waals surface area (Å²) < 4.78 is 2.32. The predicted molar refractivity (Wildman–Crippen MR) is 120 cm³/mol. The monoisotopic (exact) mass is 392 g/mol. The number of imidazole rings is 1. The second kappa shape index (κ2) is 12.3. The molecule has 0 amide bonds. The van der Waals surface area contributed by atoms with Gasteiger partial charge >= 0.3 is 0 Å². The first kappa shape index (κ1) is 23.0. The van der Waals surface area contributed by atoms with Crippen molar-refractivity contribution in [2.24, 2.45) is 0 Å². The van der Waals surface area contributed by atoms with Crippen molar-refractivity contribution in [3.63, 3.8) is 0 Å². The molecule has 4 heteroatoms. The summed E-state index contributed by atoms with van der Waals surface area (Å²) in [6.45, 7) is 7.59. The lowest BCUT2D eigenvalue weighted by Gasteiger charge is -2.19. The zero-order valence-corrected chi connectivity index (χ0v) is 18.5. The molecule has 0 aliphatic carbocycles. The summed E-state index contributed by atoms with van der Waals surface area (Å²) in [6.07, 6.45) is 13.5. The summed E-state index contributed by atoms with van der Waals surface area (Å²) in [5.41, 5.74) is 2.74. The fourth-order valence-corrected chi connectivity index (χ4v) is 4.18. The van der Waals surface area contributed by atoms with Crippen LogP contribution in [0, 0.1) is 22.7 Å². The van der Waals surface area contributed by atoms with Gasteiger partial charge in [0.2, 0.25) is 0 Å². The smallest absolute Gasteiger partial charge is 0.112 e. The van der Waals surface area contributed by atoms with Crippen LogP contribution in [0.15, 0.2) is 12.1 Å². The van der Waals surface area contributed by atoms with Gasteiger partial charge in [-0.2, -0.15) is 10.5 Å². The normalized spacial score (nSPS) is 11.1. The van der Waals surface area contributed by atoms with Crippen LogP contribution in [0.1, 0.15) is 114 Å². The number of nitrogens with zero attached hydrogens (tertiary/aromatic N) is 4. The Kier molecular flexibility index (Phi) is 9.72. The van der Waals surface area contributed by atoms with Gasteiger partial charge in [-0.1, -0.05) is 72.1 Å². The topological polar surface area (TPSA) is 65.4 Å². The lowest BCUT2D eigenvalue weighted by Crippen LogP contribution is -2.10. The molecule has 0 fully saturated rings. The summed E-state index contributed by atoms with van der Waals surface area (Å²) >= 11 is 0. The van der Waals surface area contributed by atoms with Crippen molar-refractivity contribution < 1.29 is 0 Å². The first-order chi connectivity index (χ1) is 14.2. The third-order valence-corrected chi connectivity index (χ3v) is 5.78. The summed E-state index contributed by atoms with van der Waals surface area (Å²) in [5, 5.41) is 18.8. The van der Waals surface area contributed by atoms with E-state index >= 15 is 0 Å². The molecular weight excluding hydrogens is 356 g/mol. The Labute approximate surface area is 176 Å². The first-order valence-corrected chi connectivity index (χ1v) is 11.5. The van der Waals surface area contributed by atoms with Gasteiger partial charge in [0, 0.05) is 12.5 Å². The highest BCUT2D eigenvalue weighted by Crippen LogP contribution is 2.32. The van der Waals surface area contributed by atoms with E-state index in [4.69, 9.17) is 4.98 Å². The Bertz CT molecular complexity index is 838. The fraction of sp³-hybridized carbons (Fsp3) is 0.640. The lowest BCUT2D eigenvalue weighted by atomic mass is 9.93. The van der Waals surface area contributed by atoms with Gasteiger partial charge < -0.3 is 4.57 Å². The first-order valence-electron chi connectivity index (χ1n) is 11.5. The van der Waals surface area contributed by atoms with Gasteiger partial charge in [-0.05, 0) is 31.4 Å². The third kappa shape index (κ3) is 6.07. The SMILES string of the molecule is CCCCCCC(CCCCCC)c1nc2cc(C#N)c(C#N)cc2n1CCC. The molecule has 0 spiro atoms. The Morgan fingerprint density at radius 1 is 0.828 bits per heavy atom. The minimum Gasteiger partial charge on any atom is -0.328 e. The second-order valence-electron chi connectivity index (χ2n) is 8.13. The lowest BCUT2D eigenvalue weighted by molar-refractivity contribution is 0.462. The number of benzene rings is 1. The zero-order valence-electron chi connectivity index (χ0n) is 18.5. The van der Waals surface area contributed by atoms with E-state index in [0.717, 1.165) is 29.8 Å². The van der Waals surface area contributed by atoms with Crippen molar-refractivity contribution in [1.29, 1.82) is 10.5 Å². The van der Waals surface area contributed by atoms with Crippen LogP contribution >= 0.6 is 0 Å². The quantitative estimate of drug-likeness (QED) is 0.338. The molecule has 0 aliphatic rings. The molecule has 156 valence electrons. The highest BCUT2D eigenvalue weighted by atomic mass is 15.1. The zero-order chi connectivity index (χ0) is 21.1. The molecule has 0 aliphatic heterocycles. The number of rotatable bonds is 13. The van der Waals surface area contributed by atoms with Crippen molar-refractivity contribution in [3.8, 4) is 12.1 Å². The summed E-state index contributed by atoms with van der Waals surface area (Å²) in [5.74, 6) is 1.62. The highest BCUT2D eigenvalue weighted by Gasteiger charge is 2.21. The van der Waals surface area contributed by atoms with Crippen LogP contribution in [0.5, 0.6) is 0 Å². The van der Waals surface area contributed by atoms with Gasteiger partial charge in [-0.15, -0.1) is 0 Å². The number of fused-ring (bicyclic) bond motifs is 1. The highest BCUT2D eigenvalue weighted by molar-refractivity contribution is 5.80. The standard InChI is InChI=1S/C25H36N4/c1-4-7-9-11-13-20(14-12-10-8-5-2)25-28-23-16-21(18-26)22(19-27)17-24(23)29(25)15-6-3/h16-17,20H,4-15H2,1-3H3. The van der Waals surface area contributed by atoms with E-state index in [-0.39, 0.29) is 0 Å². The number of aryl methyl sites for hydroxylation is 1. The number of aromatic nitrogens is 2. The maximum absolute atomic E-state index is 9.45. The van der Waals surface area contributed by atoms with E-state index in [1.807, 2.05) is 6.07 Å². The fourth-order valence-electron chi connectivity index (χ4n) is 4.18. The summed E-state index contributed by atoms with van der Waals surface area (Å²) in [7, 11) is 0. The molecule has 0 radical (unpaired) electrons. The Balaban J connectivity index is 2.40. The van der Waals surface area contributed by atoms with Crippen LogP contribution in [0.4, 0.5) is 0 Å². The van der Waals surface area contributed by atoms with Crippen LogP contribution in [-0.4, -0.2) is 9.55 Å². The van der Waals surface area contributed by atoms with Crippen molar-refractivity contribution in [2.45, 2.75) is 104 Å². The van der Waals surface area contributed by atoms with Gasteiger partial charge in [-0.25, -0.2) is 4.98 Å². The third-order valence-electron chi connectivity index (χ3n) is 5.78. The molecule has 2 aromatic rings. The average molecular weight is 393 g/mol. The molecule has 2 rings (SSSR count). The van der Waals surface area contributed by atoms with Gasteiger partial charge in [0.15, 0.2) is 0 Å². The molecule has 0 bridgehead atoms. The maximum atomic E-state index is 9.45. The van der Waals surface area contributed by atoms with Crippen LogP contribution in [-0.2, 0) is 6.54 Å². The molecule has 29 heavy (non-hydrogen) atoms. The molecular formula is C25H36N4. The van der Waals surface area contributed by atoms with Gasteiger partial charge in [0.05, 0.1) is 22.2 Å². The molecule has 0 unspecified atom stereocenters.